The van der Waals surface area contributed by atoms with Crippen molar-refractivity contribution in [2.45, 2.75) is 31.9 Å². The molecule has 1 aromatic carbocycles. The number of carbonyl (C=O) groups is 1. The largest absolute Gasteiger partial charge is 0.376 e. The van der Waals surface area contributed by atoms with Crippen LogP contribution in [0.15, 0.2) is 18.2 Å². The highest BCUT2D eigenvalue weighted by Crippen LogP contribution is 2.23. The molecule has 1 aliphatic rings. The minimum Gasteiger partial charge on any atom is -0.376 e. The Morgan fingerprint density at radius 1 is 1.44 bits per heavy atom. The molecule has 0 aromatic heterocycles. The van der Waals surface area contributed by atoms with Gasteiger partial charge in [0.2, 0.25) is 0 Å². The van der Waals surface area contributed by atoms with Crippen LogP contribution in [0.1, 0.15) is 30.1 Å². The first-order chi connectivity index (χ1) is 8.58. The SMILES string of the molecule is C[C@H](NC(=O)c1ccc(Cl)c(Cl)c1)[C@@H]1CCCO1. The molecule has 0 saturated carbocycles. The minimum atomic E-state index is -0.156. The topological polar surface area (TPSA) is 38.3 Å². The molecule has 0 aliphatic carbocycles. The average molecular weight is 288 g/mol. The molecule has 1 amide bonds. The van der Waals surface area contributed by atoms with E-state index in [1.165, 1.54) is 0 Å². The number of ether oxygens (including phenoxy) is 1. The summed E-state index contributed by atoms with van der Waals surface area (Å²) in [5.41, 5.74) is 0.509. The Morgan fingerprint density at radius 2 is 2.22 bits per heavy atom. The number of halogens is 2. The highest BCUT2D eigenvalue weighted by molar-refractivity contribution is 6.42. The molecule has 2 rings (SSSR count). The Bertz CT molecular complexity index is 445. The minimum absolute atomic E-state index is 0.00514. The first-order valence-electron chi connectivity index (χ1n) is 5.95. The maximum Gasteiger partial charge on any atom is 0.251 e. The summed E-state index contributed by atoms with van der Waals surface area (Å²) in [5, 5.41) is 3.75. The number of benzene rings is 1. The van der Waals surface area contributed by atoms with E-state index in [0.29, 0.717) is 15.6 Å². The van der Waals surface area contributed by atoms with Gasteiger partial charge in [0.25, 0.3) is 5.91 Å². The van der Waals surface area contributed by atoms with E-state index in [9.17, 15) is 4.79 Å². The van der Waals surface area contributed by atoms with Gasteiger partial charge in [0, 0.05) is 12.2 Å². The predicted molar refractivity (Wildman–Crippen MR) is 72.4 cm³/mol. The fraction of sp³-hybridized carbons (Fsp3) is 0.462. The molecule has 1 N–H and O–H groups in total. The van der Waals surface area contributed by atoms with Crippen molar-refractivity contribution in [2.75, 3.05) is 6.61 Å². The van der Waals surface area contributed by atoms with Crippen LogP contribution in [0.5, 0.6) is 0 Å². The summed E-state index contributed by atoms with van der Waals surface area (Å²) in [5.74, 6) is -0.156. The smallest absolute Gasteiger partial charge is 0.251 e. The molecule has 18 heavy (non-hydrogen) atoms. The third-order valence-electron chi connectivity index (χ3n) is 3.06. The Balaban J connectivity index is 2.00. The summed E-state index contributed by atoms with van der Waals surface area (Å²) in [7, 11) is 0. The van der Waals surface area contributed by atoms with Crippen molar-refractivity contribution >= 4 is 29.1 Å². The number of amides is 1. The van der Waals surface area contributed by atoms with Crippen molar-refractivity contribution in [2.24, 2.45) is 0 Å². The molecule has 0 spiro atoms. The summed E-state index contributed by atoms with van der Waals surface area (Å²) >= 11 is 11.7. The van der Waals surface area contributed by atoms with Crippen molar-refractivity contribution in [3.8, 4) is 0 Å². The van der Waals surface area contributed by atoms with E-state index in [4.69, 9.17) is 27.9 Å². The predicted octanol–water partition coefficient (Wildman–Crippen LogP) is 3.29. The summed E-state index contributed by atoms with van der Waals surface area (Å²) in [6.45, 7) is 2.73. The van der Waals surface area contributed by atoms with Gasteiger partial charge in [-0.25, -0.2) is 0 Å². The number of rotatable bonds is 3. The van der Waals surface area contributed by atoms with Crippen LogP contribution in [-0.4, -0.2) is 24.7 Å². The van der Waals surface area contributed by atoms with Gasteiger partial charge >= 0.3 is 0 Å². The molecular weight excluding hydrogens is 273 g/mol. The van der Waals surface area contributed by atoms with Gasteiger partial charge < -0.3 is 10.1 Å². The fourth-order valence-corrected chi connectivity index (χ4v) is 2.32. The molecule has 0 unspecified atom stereocenters. The first kappa shape index (κ1) is 13.7. The summed E-state index contributed by atoms with van der Waals surface area (Å²) in [4.78, 5) is 12.0. The zero-order valence-corrected chi connectivity index (χ0v) is 11.6. The molecule has 98 valence electrons. The molecule has 1 heterocycles. The lowest BCUT2D eigenvalue weighted by atomic mass is 10.1. The van der Waals surface area contributed by atoms with Gasteiger partial charge in [-0.15, -0.1) is 0 Å². The van der Waals surface area contributed by atoms with Gasteiger partial charge in [-0.2, -0.15) is 0 Å². The second-order valence-electron chi connectivity index (χ2n) is 4.44. The van der Waals surface area contributed by atoms with Gasteiger partial charge in [0.15, 0.2) is 0 Å². The van der Waals surface area contributed by atoms with Gasteiger partial charge in [-0.05, 0) is 38.0 Å². The van der Waals surface area contributed by atoms with Crippen molar-refractivity contribution in [3.05, 3.63) is 33.8 Å². The van der Waals surface area contributed by atoms with E-state index in [0.717, 1.165) is 19.4 Å². The van der Waals surface area contributed by atoms with E-state index >= 15 is 0 Å². The van der Waals surface area contributed by atoms with Crippen LogP contribution >= 0.6 is 23.2 Å². The number of hydrogen-bond donors (Lipinski definition) is 1. The van der Waals surface area contributed by atoms with E-state index in [1.807, 2.05) is 6.92 Å². The lowest BCUT2D eigenvalue weighted by Crippen LogP contribution is -2.40. The van der Waals surface area contributed by atoms with Crippen LogP contribution in [0.3, 0.4) is 0 Å². The van der Waals surface area contributed by atoms with Crippen LogP contribution < -0.4 is 5.32 Å². The zero-order valence-electron chi connectivity index (χ0n) is 10.1. The quantitative estimate of drug-likeness (QED) is 0.926. The Labute approximate surface area is 116 Å². The average Bonchev–Trinajstić information content (AvgIpc) is 2.86. The number of carbonyl (C=O) groups excluding carboxylic acids is 1. The third-order valence-corrected chi connectivity index (χ3v) is 3.80. The molecule has 1 aromatic rings. The van der Waals surface area contributed by atoms with Crippen LogP contribution in [0.2, 0.25) is 10.0 Å². The van der Waals surface area contributed by atoms with Crippen molar-refractivity contribution in [1.29, 1.82) is 0 Å². The maximum absolute atomic E-state index is 12.0. The molecule has 0 bridgehead atoms. The normalized spacial score (nSPS) is 20.7. The lowest BCUT2D eigenvalue weighted by Gasteiger charge is -2.20. The molecule has 3 nitrogen and oxygen atoms in total. The summed E-state index contributed by atoms with van der Waals surface area (Å²) in [6, 6.07) is 4.84. The Morgan fingerprint density at radius 3 is 2.83 bits per heavy atom. The van der Waals surface area contributed by atoms with Crippen LogP contribution in [0.25, 0.3) is 0 Å². The van der Waals surface area contributed by atoms with E-state index in [-0.39, 0.29) is 18.1 Å². The number of hydrogen-bond acceptors (Lipinski definition) is 2. The molecule has 0 radical (unpaired) electrons. The highest BCUT2D eigenvalue weighted by atomic mass is 35.5. The van der Waals surface area contributed by atoms with Gasteiger partial charge in [0.1, 0.15) is 0 Å². The Hall–Kier alpha value is -0.770. The maximum atomic E-state index is 12.0. The van der Waals surface area contributed by atoms with Crippen molar-refractivity contribution in [3.63, 3.8) is 0 Å². The van der Waals surface area contributed by atoms with Crippen molar-refractivity contribution < 1.29 is 9.53 Å². The van der Waals surface area contributed by atoms with E-state index < -0.39 is 0 Å². The van der Waals surface area contributed by atoms with E-state index in [1.54, 1.807) is 18.2 Å². The van der Waals surface area contributed by atoms with Gasteiger partial charge in [-0.1, -0.05) is 23.2 Å². The molecule has 1 fully saturated rings. The second kappa shape index (κ2) is 5.91. The first-order valence-corrected chi connectivity index (χ1v) is 6.71. The van der Waals surface area contributed by atoms with Crippen molar-refractivity contribution in [1.82, 2.24) is 5.32 Å². The highest BCUT2D eigenvalue weighted by Gasteiger charge is 2.24. The van der Waals surface area contributed by atoms with Gasteiger partial charge in [-0.3, -0.25) is 4.79 Å². The standard InChI is InChI=1S/C13H15Cl2NO2/c1-8(12-3-2-6-18-12)16-13(17)9-4-5-10(14)11(15)7-9/h4-5,7-8,12H,2-3,6H2,1H3,(H,16,17)/t8-,12-/m0/s1. The fourth-order valence-electron chi connectivity index (χ4n) is 2.02. The van der Waals surface area contributed by atoms with Crippen LogP contribution in [0, 0.1) is 0 Å². The summed E-state index contributed by atoms with van der Waals surface area (Å²) < 4.78 is 5.53. The lowest BCUT2D eigenvalue weighted by molar-refractivity contribution is 0.0712. The summed E-state index contributed by atoms with van der Waals surface area (Å²) in [6.07, 6.45) is 2.15. The van der Waals surface area contributed by atoms with Gasteiger partial charge in [0.05, 0.1) is 22.2 Å². The third kappa shape index (κ3) is 3.16. The molecule has 5 heteroatoms. The molecule has 2 atom stereocenters. The molecule has 1 saturated heterocycles. The molecular formula is C13H15Cl2NO2. The van der Waals surface area contributed by atoms with Crippen LogP contribution in [0.4, 0.5) is 0 Å². The Kier molecular flexibility index (Phi) is 4.49. The van der Waals surface area contributed by atoms with E-state index in [2.05, 4.69) is 5.32 Å². The van der Waals surface area contributed by atoms with Crippen LogP contribution in [-0.2, 0) is 4.74 Å². The zero-order chi connectivity index (χ0) is 13.1. The monoisotopic (exact) mass is 287 g/mol. The molecule has 1 aliphatic heterocycles. The second-order valence-corrected chi connectivity index (χ2v) is 5.26. The number of nitrogens with one attached hydrogen (secondary N) is 1.